The molecule has 2 atom stereocenters. The second-order valence-electron chi connectivity index (χ2n) is 8.17. The molecule has 0 aromatic carbocycles. The van der Waals surface area contributed by atoms with E-state index in [0.717, 1.165) is 12.3 Å². The van der Waals surface area contributed by atoms with E-state index < -0.39 is 0 Å². The SMILES string of the molecule is C[N+]12CCCN3CCC[N+]4(C)CCCN(CCC1)[C@H]4[C@H]32. The molecule has 4 fully saturated rings. The lowest BCUT2D eigenvalue weighted by molar-refractivity contribution is -1.01. The van der Waals surface area contributed by atoms with Crippen LogP contribution in [0.4, 0.5) is 0 Å². The fourth-order valence-corrected chi connectivity index (χ4v) is 5.85. The number of nitrogens with zero attached hydrogens (tertiary/aromatic N) is 4. The zero-order chi connectivity index (χ0) is 13.8. The molecule has 4 aliphatic heterocycles. The van der Waals surface area contributed by atoms with E-state index in [1.807, 2.05) is 0 Å². The molecule has 0 aliphatic carbocycles. The third-order valence-corrected chi connectivity index (χ3v) is 6.75. The summed E-state index contributed by atoms with van der Waals surface area (Å²) in [6.07, 6.45) is 7.14. The van der Waals surface area contributed by atoms with Gasteiger partial charge in [-0.3, -0.25) is 0 Å². The molecule has 0 saturated carbocycles. The first-order valence-electron chi connectivity index (χ1n) is 8.79. The standard InChI is InChI=1S/C16H32N4/c1-19-11-3-7-17-10-6-14-20(2)12-4-8-18(9-5-13-19)16(20)15(17)19/h15-16H,3-14H2,1-2H3/q+2/t15-,16-,19?,20?/m1/s1. The summed E-state index contributed by atoms with van der Waals surface area (Å²) in [5, 5.41) is 0. The number of hydrogen-bond donors (Lipinski definition) is 0. The van der Waals surface area contributed by atoms with E-state index in [4.69, 9.17) is 0 Å². The zero-order valence-electron chi connectivity index (χ0n) is 13.4. The Kier molecular flexibility index (Phi) is 3.15. The maximum atomic E-state index is 2.88. The lowest BCUT2D eigenvalue weighted by Gasteiger charge is -2.56. The van der Waals surface area contributed by atoms with Gasteiger partial charge in [0.25, 0.3) is 0 Å². The third-order valence-electron chi connectivity index (χ3n) is 6.75. The molecule has 20 heavy (non-hydrogen) atoms. The summed E-state index contributed by atoms with van der Waals surface area (Å²) in [6, 6.07) is 0. The van der Waals surface area contributed by atoms with Crippen LogP contribution < -0.4 is 0 Å². The van der Waals surface area contributed by atoms with Gasteiger partial charge in [0.15, 0.2) is 0 Å². The van der Waals surface area contributed by atoms with Gasteiger partial charge in [0.2, 0.25) is 12.3 Å². The summed E-state index contributed by atoms with van der Waals surface area (Å²) in [7, 11) is 5.12. The van der Waals surface area contributed by atoms with Gasteiger partial charge in [-0.05, 0) is 0 Å². The number of quaternary nitrogens is 2. The van der Waals surface area contributed by atoms with Crippen molar-refractivity contribution in [3.05, 3.63) is 0 Å². The monoisotopic (exact) mass is 280 g/mol. The first-order chi connectivity index (χ1) is 9.62. The molecule has 0 radical (unpaired) electrons. The van der Waals surface area contributed by atoms with Crippen LogP contribution in [0.25, 0.3) is 0 Å². The van der Waals surface area contributed by atoms with Gasteiger partial charge in [0.1, 0.15) is 0 Å². The zero-order valence-corrected chi connectivity index (χ0v) is 13.4. The van der Waals surface area contributed by atoms with Crippen molar-refractivity contribution < 1.29 is 8.97 Å². The minimum Gasteiger partial charge on any atom is -0.305 e. The summed E-state index contributed by atoms with van der Waals surface area (Å²) in [5.74, 6) is 0. The highest BCUT2D eigenvalue weighted by Crippen LogP contribution is 2.38. The van der Waals surface area contributed by atoms with Gasteiger partial charge in [0.05, 0.1) is 40.3 Å². The first kappa shape index (κ1) is 13.5. The van der Waals surface area contributed by atoms with Gasteiger partial charge in [-0.15, -0.1) is 0 Å². The lowest BCUT2D eigenvalue weighted by Crippen LogP contribution is -2.76. The smallest absolute Gasteiger partial charge is 0.213 e. The summed E-state index contributed by atoms with van der Waals surface area (Å²) in [6.45, 7) is 11.0. The van der Waals surface area contributed by atoms with Crippen molar-refractivity contribution >= 4 is 0 Å². The molecular weight excluding hydrogens is 248 g/mol. The average Bonchev–Trinajstić information content (AvgIpc) is 2.65. The van der Waals surface area contributed by atoms with Crippen LogP contribution in [-0.2, 0) is 0 Å². The molecule has 4 saturated heterocycles. The summed E-state index contributed by atoms with van der Waals surface area (Å²) in [5.41, 5.74) is 0. The maximum Gasteiger partial charge on any atom is 0.213 e. The maximum absolute atomic E-state index is 2.88. The highest BCUT2D eigenvalue weighted by atomic mass is 15.6. The van der Waals surface area contributed by atoms with Crippen molar-refractivity contribution in [3.8, 4) is 0 Å². The van der Waals surface area contributed by atoms with Crippen LogP contribution in [0.1, 0.15) is 25.7 Å². The van der Waals surface area contributed by atoms with Crippen molar-refractivity contribution in [2.75, 3.05) is 66.5 Å². The van der Waals surface area contributed by atoms with Crippen LogP contribution >= 0.6 is 0 Å². The van der Waals surface area contributed by atoms with Gasteiger partial charge in [-0.25, -0.2) is 9.80 Å². The number of hydrogen-bond acceptors (Lipinski definition) is 2. The molecule has 0 unspecified atom stereocenters. The Morgan fingerprint density at radius 3 is 1.20 bits per heavy atom. The molecule has 114 valence electrons. The highest BCUT2D eigenvalue weighted by molar-refractivity contribution is 4.85. The van der Waals surface area contributed by atoms with Crippen LogP contribution in [0.3, 0.4) is 0 Å². The molecule has 0 aromatic heterocycles. The average molecular weight is 280 g/mol. The third kappa shape index (κ3) is 1.88. The van der Waals surface area contributed by atoms with Crippen molar-refractivity contribution in [1.82, 2.24) is 9.80 Å². The normalized spacial score (nSPS) is 50.1. The molecule has 0 bridgehead atoms. The second-order valence-corrected chi connectivity index (χ2v) is 8.17. The lowest BCUT2D eigenvalue weighted by atomic mass is 10.1. The van der Waals surface area contributed by atoms with Gasteiger partial charge >= 0.3 is 0 Å². The molecule has 0 N–H and O–H groups in total. The molecule has 0 aromatic rings. The van der Waals surface area contributed by atoms with E-state index in [2.05, 4.69) is 23.9 Å². The van der Waals surface area contributed by atoms with E-state index in [0.29, 0.717) is 0 Å². The van der Waals surface area contributed by atoms with Crippen LogP contribution in [0.5, 0.6) is 0 Å². The van der Waals surface area contributed by atoms with Gasteiger partial charge in [0, 0.05) is 51.9 Å². The van der Waals surface area contributed by atoms with Gasteiger partial charge in [-0.2, -0.15) is 0 Å². The Morgan fingerprint density at radius 2 is 0.900 bits per heavy atom. The van der Waals surface area contributed by atoms with E-state index >= 15 is 0 Å². The molecule has 4 aliphatic rings. The van der Waals surface area contributed by atoms with E-state index in [1.54, 1.807) is 0 Å². The van der Waals surface area contributed by atoms with Crippen LogP contribution in [0.15, 0.2) is 0 Å². The summed E-state index contributed by atoms with van der Waals surface area (Å²) < 4.78 is 2.66. The van der Waals surface area contributed by atoms with Crippen molar-refractivity contribution in [1.29, 1.82) is 0 Å². The summed E-state index contributed by atoms with van der Waals surface area (Å²) in [4.78, 5) is 5.75. The second kappa shape index (κ2) is 4.67. The Hall–Kier alpha value is -0.160. The Bertz CT molecular complexity index is 351. The molecule has 0 amide bonds. The van der Waals surface area contributed by atoms with Gasteiger partial charge < -0.3 is 8.97 Å². The molecule has 4 nitrogen and oxygen atoms in total. The van der Waals surface area contributed by atoms with Gasteiger partial charge in [-0.1, -0.05) is 0 Å². The molecular formula is C16H32N4+2. The molecule has 0 spiro atoms. The topological polar surface area (TPSA) is 6.48 Å². The van der Waals surface area contributed by atoms with Crippen molar-refractivity contribution in [3.63, 3.8) is 0 Å². The Morgan fingerprint density at radius 1 is 0.600 bits per heavy atom. The molecule has 4 heterocycles. The van der Waals surface area contributed by atoms with Crippen LogP contribution in [-0.4, -0.2) is 97.6 Å². The fourth-order valence-electron chi connectivity index (χ4n) is 5.85. The van der Waals surface area contributed by atoms with Crippen molar-refractivity contribution in [2.45, 2.75) is 38.0 Å². The minimum atomic E-state index is 0.763. The van der Waals surface area contributed by atoms with Crippen molar-refractivity contribution in [2.24, 2.45) is 0 Å². The first-order valence-corrected chi connectivity index (χ1v) is 8.79. The Balaban J connectivity index is 1.80. The highest BCUT2D eigenvalue weighted by Gasteiger charge is 2.58. The van der Waals surface area contributed by atoms with Crippen LogP contribution in [0.2, 0.25) is 0 Å². The number of likely N-dealkylation sites (N-methyl/N-ethyl adjacent to an activating group) is 2. The predicted molar refractivity (Wildman–Crippen MR) is 81.0 cm³/mol. The Labute approximate surface area is 124 Å². The molecule has 4 rings (SSSR count). The number of rotatable bonds is 0. The van der Waals surface area contributed by atoms with E-state index in [1.165, 1.54) is 87.0 Å². The molecule has 4 heteroatoms. The van der Waals surface area contributed by atoms with Crippen LogP contribution in [0, 0.1) is 0 Å². The van der Waals surface area contributed by atoms with E-state index in [-0.39, 0.29) is 0 Å². The summed E-state index contributed by atoms with van der Waals surface area (Å²) >= 11 is 0. The fraction of sp³-hybridized carbons (Fsp3) is 1.00. The largest absolute Gasteiger partial charge is 0.305 e. The van der Waals surface area contributed by atoms with E-state index in [9.17, 15) is 0 Å². The predicted octanol–water partition coefficient (Wildman–Crippen LogP) is 0.751. The minimum absolute atomic E-state index is 0.763. The quantitative estimate of drug-likeness (QED) is 0.604.